The van der Waals surface area contributed by atoms with E-state index in [9.17, 15) is 10.2 Å². The fraction of sp³-hybridized carbons (Fsp3) is 1.00. The maximum absolute atomic E-state index is 12.2. The molecule has 4 aliphatic carbocycles. The van der Waals surface area contributed by atoms with Crippen LogP contribution in [0.2, 0.25) is 0 Å². The molecule has 0 aromatic carbocycles. The van der Waals surface area contributed by atoms with Crippen molar-refractivity contribution in [2.45, 2.75) is 129 Å². The van der Waals surface area contributed by atoms with Crippen molar-refractivity contribution >= 4 is 0 Å². The Balaban J connectivity index is 1.36. The summed E-state index contributed by atoms with van der Waals surface area (Å²) < 4.78 is 6.48. The lowest BCUT2D eigenvalue weighted by Gasteiger charge is -2.60. The zero-order valence-electron chi connectivity index (χ0n) is 21.0. The molecule has 0 radical (unpaired) electrons. The highest BCUT2D eigenvalue weighted by Crippen LogP contribution is 2.74. The van der Waals surface area contributed by atoms with E-state index in [0.717, 1.165) is 50.4 Å². The normalized spacial score (nSPS) is 55.1. The Morgan fingerprint density at radius 3 is 2.26 bits per heavy atom. The second-order valence-corrected chi connectivity index (χ2v) is 13.5. The van der Waals surface area contributed by atoms with Gasteiger partial charge in [-0.1, -0.05) is 48.0 Å². The van der Waals surface area contributed by atoms with Crippen molar-refractivity contribution in [2.75, 3.05) is 0 Å². The Kier molecular flexibility index (Phi) is 5.25. The first-order valence-electron chi connectivity index (χ1n) is 13.6. The second-order valence-electron chi connectivity index (χ2n) is 13.5. The molecule has 31 heavy (non-hydrogen) atoms. The lowest BCUT2D eigenvalue weighted by Crippen LogP contribution is -2.61. The zero-order chi connectivity index (χ0) is 22.4. The minimum atomic E-state index is -0.512. The number of hydrogen-bond acceptors (Lipinski definition) is 3. The standard InChI is InChI=1S/C28H48O3/c1-17(2)18(3)7-8-19(4)27(30)14-11-22-21-15-24-28(31-24)16-20(29)9-12-26(28,6)23(21)10-13-25(22,27)5/h17-24,29-30H,7-16H2,1-6H3/t18-,19-,20+,21+,22+,23+,24+,25+,26-,27+,28?/m1/s1. The lowest BCUT2D eigenvalue weighted by molar-refractivity contribution is -0.167. The fourth-order valence-corrected chi connectivity index (χ4v) is 9.60. The molecular formula is C28H48O3. The highest BCUT2D eigenvalue weighted by atomic mass is 16.6. The number of aliphatic hydroxyl groups is 2. The van der Waals surface area contributed by atoms with Crippen LogP contribution in [0.4, 0.5) is 0 Å². The van der Waals surface area contributed by atoms with E-state index in [1.165, 1.54) is 25.7 Å². The van der Waals surface area contributed by atoms with E-state index >= 15 is 0 Å². The molecule has 0 aromatic rings. The summed E-state index contributed by atoms with van der Waals surface area (Å²) in [5.74, 6) is 3.85. The van der Waals surface area contributed by atoms with E-state index in [-0.39, 0.29) is 22.5 Å². The van der Waals surface area contributed by atoms with Gasteiger partial charge in [-0.05, 0) is 92.3 Å². The molecule has 178 valence electrons. The van der Waals surface area contributed by atoms with E-state index in [0.29, 0.717) is 29.8 Å². The van der Waals surface area contributed by atoms with Crippen LogP contribution in [-0.2, 0) is 4.74 Å². The summed E-state index contributed by atoms with van der Waals surface area (Å²) in [5, 5.41) is 22.6. The first kappa shape index (κ1) is 22.7. The monoisotopic (exact) mass is 432 g/mol. The predicted octanol–water partition coefficient (Wildman–Crippen LogP) is 5.96. The number of rotatable bonds is 5. The van der Waals surface area contributed by atoms with Crippen LogP contribution in [0.1, 0.15) is 106 Å². The van der Waals surface area contributed by atoms with Crippen LogP contribution in [0.3, 0.4) is 0 Å². The van der Waals surface area contributed by atoms with Crippen molar-refractivity contribution in [1.29, 1.82) is 0 Å². The molecule has 1 unspecified atom stereocenters. The molecule has 3 nitrogen and oxygen atoms in total. The van der Waals surface area contributed by atoms with E-state index in [4.69, 9.17) is 4.74 Å². The Labute approximate surface area is 190 Å². The van der Waals surface area contributed by atoms with Crippen LogP contribution in [-0.4, -0.2) is 33.6 Å². The van der Waals surface area contributed by atoms with Gasteiger partial charge in [-0.15, -0.1) is 0 Å². The number of ether oxygens (including phenoxy) is 1. The Bertz CT molecular complexity index is 706. The SMILES string of the molecule is CC(C)[C@H](C)CC[C@@H](C)[C@@]1(O)CC[C@H]2[C@@H]3C[C@@H]4OC45C[C@@H](O)CC[C@]5(C)[C@H]3CC[C@@]21C. The Morgan fingerprint density at radius 1 is 0.903 bits per heavy atom. The lowest BCUT2D eigenvalue weighted by atomic mass is 9.43. The summed E-state index contributed by atoms with van der Waals surface area (Å²) >= 11 is 0. The number of hydrogen-bond donors (Lipinski definition) is 2. The van der Waals surface area contributed by atoms with Gasteiger partial charge in [-0.2, -0.15) is 0 Å². The first-order chi connectivity index (χ1) is 14.5. The molecule has 5 fully saturated rings. The second kappa shape index (κ2) is 7.19. The molecule has 5 aliphatic rings. The molecule has 2 N–H and O–H groups in total. The molecule has 1 aliphatic heterocycles. The minimum absolute atomic E-state index is 0.0330. The van der Waals surface area contributed by atoms with Crippen LogP contribution in [0, 0.1) is 46.3 Å². The van der Waals surface area contributed by atoms with Gasteiger partial charge in [0.1, 0.15) is 5.60 Å². The van der Waals surface area contributed by atoms with Crippen molar-refractivity contribution in [3.8, 4) is 0 Å². The van der Waals surface area contributed by atoms with Gasteiger partial charge in [0.15, 0.2) is 0 Å². The van der Waals surface area contributed by atoms with Gasteiger partial charge >= 0.3 is 0 Å². The maximum Gasteiger partial charge on any atom is 0.103 e. The van der Waals surface area contributed by atoms with Gasteiger partial charge < -0.3 is 14.9 Å². The molecule has 1 heterocycles. The zero-order valence-corrected chi connectivity index (χ0v) is 21.0. The van der Waals surface area contributed by atoms with Gasteiger partial charge in [0, 0.05) is 11.8 Å². The van der Waals surface area contributed by atoms with Crippen LogP contribution in [0.15, 0.2) is 0 Å². The molecule has 1 spiro atoms. The molecule has 5 rings (SSSR count). The highest BCUT2D eigenvalue weighted by Gasteiger charge is 2.77. The van der Waals surface area contributed by atoms with Gasteiger partial charge in [-0.25, -0.2) is 0 Å². The number of fused-ring (bicyclic) bond motifs is 4. The van der Waals surface area contributed by atoms with Crippen molar-refractivity contribution in [3.05, 3.63) is 0 Å². The van der Waals surface area contributed by atoms with Crippen molar-refractivity contribution in [3.63, 3.8) is 0 Å². The van der Waals surface area contributed by atoms with Gasteiger partial charge in [0.25, 0.3) is 0 Å². The average Bonchev–Trinajstić information content (AvgIpc) is 3.34. The van der Waals surface area contributed by atoms with E-state index in [1.54, 1.807) is 0 Å². The number of aliphatic hydroxyl groups excluding tert-OH is 1. The largest absolute Gasteiger partial charge is 0.393 e. The van der Waals surface area contributed by atoms with E-state index < -0.39 is 5.60 Å². The van der Waals surface area contributed by atoms with E-state index in [2.05, 4.69) is 41.5 Å². The van der Waals surface area contributed by atoms with Crippen LogP contribution < -0.4 is 0 Å². The molecule has 3 heteroatoms. The summed E-state index contributed by atoms with van der Waals surface area (Å²) in [6, 6.07) is 0. The third kappa shape index (κ3) is 2.94. The summed E-state index contributed by atoms with van der Waals surface area (Å²) in [6.07, 6.45) is 11.2. The van der Waals surface area contributed by atoms with Gasteiger partial charge in [0.05, 0.1) is 17.8 Å². The van der Waals surface area contributed by atoms with Gasteiger partial charge in [-0.3, -0.25) is 0 Å². The minimum Gasteiger partial charge on any atom is -0.393 e. The molecule has 11 atom stereocenters. The third-order valence-electron chi connectivity index (χ3n) is 12.3. The third-order valence-corrected chi connectivity index (χ3v) is 12.3. The van der Waals surface area contributed by atoms with Crippen molar-refractivity contribution < 1.29 is 14.9 Å². The predicted molar refractivity (Wildman–Crippen MR) is 125 cm³/mol. The van der Waals surface area contributed by atoms with E-state index in [1.807, 2.05) is 0 Å². The average molecular weight is 433 g/mol. The quantitative estimate of drug-likeness (QED) is 0.527. The number of epoxide rings is 1. The molecular weight excluding hydrogens is 384 g/mol. The molecule has 0 amide bonds. The fourth-order valence-electron chi connectivity index (χ4n) is 9.60. The van der Waals surface area contributed by atoms with Gasteiger partial charge in [0.2, 0.25) is 0 Å². The van der Waals surface area contributed by atoms with Crippen LogP contribution in [0.5, 0.6) is 0 Å². The summed E-state index contributed by atoms with van der Waals surface area (Å²) in [4.78, 5) is 0. The molecule has 0 bridgehead atoms. The molecule has 4 saturated carbocycles. The van der Waals surface area contributed by atoms with Crippen LogP contribution >= 0.6 is 0 Å². The topological polar surface area (TPSA) is 53.0 Å². The summed E-state index contributed by atoms with van der Waals surface area (Å²) in [6.45, 7) is 14.3. The summed E-state index contributed by atoms with van der Waals surface area (Å²) in [5.41, 5.74) is -0.273. The molecule has 1 saturated heterocycles. The Morgan fingerprint density at radius 2 is 1.55 bits per heavy atom. The van der Waals surface area contributed by atoms with Crippen LogP contribution in [0.25, 0.3) is 0 Å². The smallest absolute Gasteiger partial charge is 0.103 e. The van der Waals surface area contributed by atoms with Crippen molar-refractivity contribution in [2.24, 2.45) is 46.3 Å². The summed E-state index contributed by atoms with van der Waals surface area (Å²) in [7, 11) is 0. The highest BCUT2D eigenvalue weighted by molar-refractivity contribution is 5.25. The Hall–Kier alpha value is -0.120. The maximum atomic E-state index is 12.2. The van der Waals surface area contributed by atoms with Crippen molar-refractivity contribution in [1.82, 2.24) is 0 Å². The first-order valence-corrected chi connectivity index (χ1v) is 13.6. The molecule has 0 aromatic heterocycles.